The normalized spacial score (nSPS) is 14.6. The minimum atomic E-state index is -3.42. The molecule has 0 bridgehead atoms. The van der Waals surface area contributed by atoms with Crippen LogP contribution in [0.5, 0.6) is 0 Å². The third-order valence-corrected chi connectivity index (χ3v) is 7.70. The number of sulfone groups is 1. The molecule has 1 aliphatic heterocycles. The number of carbonyl (C=O) groups is 2. The number of amides is 1. The molecule has 178 valence electrons. The number of thiazole rings is 1. The highest BCUT2D eigenvalue weighted by atomic mass is 32.2. The summed E-state index contributed by atoms with van der Waals surface area (Å²) in [7, 11) is -3.42. The Balaban J connectivity index is 1.35. The summed E-state index contributed by atoms with van der Waals surface area (Å²) in [6.07, 6.45) is 3.24. The molecule has 1 fully saturated rings. The van der Waals surface area contributed by atoms with Crippen molar-refractivity contribution in [3.63, 3.8) is 0 Å². The Hall–Kier alpha value is -2.88. The zero-order chi connectivity index (χ0) is 24.1. The summed E-state index contributed by atoms with van der Waals surface area (Å²) in [5.74, 6) is -0.178. The molecule has 2 aromatic carbocycles. The van der Waals surface area contributed by atoms with E-state index in [0.717, 1.165) is 43.6 Å². The van der Waals surface area contributed by atoms with E-state index in [9.17, 15) is 18.0 Å². The van der Waals surface area contributed by atoms with E-state index in [1.807, 2.05) is 17.5 Å². The van der Waals surface area contributed by atoms with Crippen molar-refractivity contribution in [3.8, 4) is 11.3 Å². The lowest BCUT2D eigenvalue weighted by molar-refractivity contribution is -0.117. The average Bonchev–Trinajstić information content (AvgIpc) is 3.31. The predicted octanol–water partition coefficient (Wildman–Crippen LogP) is 3.65. The molecular weight excluding hydrogens is 472 g/mol. The molecule has 34 heavy (non-hydrogen) atoms. The van der Waals surface area contributed by atoms with Gasteiger partial charge in [-0.3, -0.25) is 9.59 Å². The van der Waals surface area contributed by atoms with Crippen molar-refractivity contribution >= 4 is 32.9 Å². The number of ketones is 1. The van der Waals surface area contributed by atoms with Crippen LogP contribution in [0.25, 0.3) is 11.3 Å². The quantitative estimate of drug-likeness (QED) is 0.509. The Bertz CT molecular complexity index is 1290. The van der Waals surface area contributed by atoms with Crippen molar-refractivity contribution in [1.29, 1.82) is 0 Å². The van der Waals surface area contributed by atoms with E-state index in [1.165, 1.54) is 41.2 Å². The van der Waals surface area contributed by atoms with Crippen LogP contribution in [0, 0.1) is 0 Å². The second-order valence-electron chi connectivity index (χ2n) is 8.34. The smallest absolute Gasteiger partial charge is 0.251 e. The van der Waals surface area contributed by atoms with Crippen LogP contribution in [-0.2, 0) is 25.8 Å². The first kappa shape index (κ1) is 24.3. The molecule has 1 saturated heterocycles. The second-order valence-corrected chi connectivity index (χ2v) is 11.3. The molecule has 2 heterocycles. The number of ether oxygens (including phenoxy) is 1. The Morgan fingerprint density at radius 2 is 1.88 bits per heavy atom. The number of hydrogen-bond acceptors (Lipinski definition) is 7. The van der Waals surface area contributed by atoms with Gasteiger partial charge in [0.15, 0.2) is 15.6 Å². The Morgan fingerprint density at radius 1 is 1.12 bits per heavy atom. The van der Waals surface area contributed by atoms with Gasteiger partial charge in [-0.1, -0.05) is 24.3 Å². The van der Waals surface area contributed by atoms with Gasteiger partial charge in [0.25, 0.3) is 5.91 Å². The molecule has 1 aliphatic rings. The lowest BCUT2D eigenvalue weighted by Gasteiger charge is -2.22. The van der Waals surface area contributed by atoms with E-state index in [2.05, 4.69) is 22.4 Å². The van der Waals surface area contributed by atoms with Crippen molar-refractivity contribution in [1.82, 2.24) is 10.3 Å². The monoisotopic (exact) mass is 498 g/mol. The maximum Gasteiger partial charge on any atom is 0.251 e. The van der Waals surface area contributed by atoms with Crippen LogP contribution < -0.4 is 5.32 Å². The van der Waals surface area contributed by atoms with Crippen molar-refractivity contribution in [2.45, 2.75) is 30.1 Å². The summed E-state index contributed by atoms with van der Waals surface area (Å²) in [6.45, 7) is 1.42. The minimum absolute atomic E-state index is 0.0580. The zero-order valence-corrected chi connectivity index (χ0v) is 20.5. The molecule has 0 radical (unpaired) electrons. The molecule has 0 spiro atoms. The van der Waals surface area contributed by atoms with Crippen molar-refractivity contribution in [3.05, 3.63) is 70.0 Å². The Labute approximate surface area is 203 Å². The zero-order valence-electron chi connectivity index (χ0n) is 18.8. The fraction of sp³-hybridized carbons (Fsp3) is 0.320. The molecule has 1 N–H and O–H groups in total. The lowest BCUT2D eigenvalue weighted by Crippen LogP contribution is -2.30. The van der Waals surface area contributed by atoms with Gasteiger partial charge in [-0.15, -0.1) is 11.3 Å². The van der Waals surface area contributed by atoms with Crippen LogP contribution in [0.15, 0.2) is 58.8 Å². The molecule has 0 aliphatic carbocycles. The van der Waals surface area contributed by atoms with E-state index in [0.29, 0.717) is 10.9 Å². The number of rotatable bonds is 8. The van der Waals surface area contributed by atoms with E-state index < -0.39 is 15.7 Å². The SMILES string of the molecule is CS(=O)(=O)c1cccc(C(=O)NCC(=O)Cc2nc(-c3cccc(C4CCOCC4)c3)cs2)c1. The number of carbonyl (C=O) groups excluding carboxylic acids is 2. The van der Waals surface area contributed by atoms with E-state index in [4.69, 9.17) is 4.74 Å². The Kier molecular flexibility index (Phi) is 7.55. The van der Waals surface area contributed by atoms with Crippen LogP contribution in [-0.4, -0.2) is 51.1 Å². The van der Waals surface area contributed by atoms with Gasteiger partial charge in [-0.25, -0.2) is 13.4 Å². The number of Topliss-reactive ketones (excluding diaryl/α,β-unsaturated/α-hetero) is 1. The summed E-state index contributed by atoms with van der Waals surface area (Å²) < 4.78 is 28.8. The number of aromatic nitrogens is 1. The largest absolute Gasteiger partial charge is 0.381 e. The van der Waals surface area contributed by atoms with Gasteiger partial charge in [0.05, 0.1) is 23.6 Å². The first-order valence-corrected chi connectivity index (χ1v) is 13.8. The van der Waals surface area contributed by atoms with E-state index >= 15 is 0 Å². The van der Waals surface area contributed by atoms with Crippen LogP contribution in [0.3, 0.4) is 0 Å². The van der Waals surface area contributed by atoms with Gasteiger partial charge in [0.2, 0.25) is 0 Å². The summed E-state index contributed by atoms with van der Waals surface area (Å²) in [5.41, 5.74) is 3.34. The topological polar surface area (TPSA) is 102 Å². The lowest BCUT2D eigenvalue weighted by atomic mass is 9.90. The third kappa shape index (κ3) is 6.16. The molecule has 1 amide bonds. The summed E-state index contributed by atoms with van der Waals surface area (Å²) in [5, 5.41) is 5.19. The molecule has 0 atom stereocenters. The average molecular weight is 499 g/mol. The highest BCUT2D eigenvalue weighted by Crippen LogP contribution is 2.30. The van der Waals surface area contributed by atoms with Gasteiger partial charge < -0.3 is 10.1 Å². The summed E-state index contributed by atoms with van der Waals surface area (Å²) in [6, 6.07) is 14.1. The highest BCUT2D eigenvalue weighted by Gasteiger charge is 2.17. The number of nitrogens with one attached hydrogen (secondary N) is 1. The summed E-state index contributed by atoms with van der Waals surface area (Å²) in [4.78, 5) is 29.5. The van der Waals surface area contributed by atoms with Crippen LogP contribution in [0.1, 0.15) is 39.7 Å². The maximum absolute atomic E-state index is 12.4. The molecule has 7 nitrogen and oxygen atoms in total. The van der Waals surface area contributed by atoms with Crippen molar-refractivity contribution in [2.75, 3.05) is 26.0 Å². The maximum atomic E-state index is 12.4. The molecule has 9 heteroatoms. The first-order valence-electron chi connectivity index (χ1n) is 11.0. The number of benzene rings is 2. The summed E-state index contributed by atoms with van der Waals surface area (Å²) >= 11 is 1.42. The fourth-order valence-corrected chi connectivity index (χ4v) is 5.39. The molecule has 3 aromatic rings. The molecular formula is C25H26N2O5S2. The standard InChI is InChI=1S/C25H26N2O5S2/c1-34(30,31)22-7-3-6-20(13-22)25(29)26-15-21(28)14-24-27-23(16-33-24)19-5-2-4-18(12-19)17-8-10-32-11-9-17/h2-7,12-13,16-17H,8-11,14-15H2,1H3,(H,26,29). The van der Waals surface area contributed by atoms with Crippen LogP contribution in [0.2, 0.25) is 0 Å². The van der Waals surface area contributed by atoms with Crippen LogP contribution in [0.4, 0.5) is 0 Å². The van der Waals surface area contributed by atoms with Gasteiger partial charge in [0, 0.05) is 36.0 Å². The third-order valence-electron chi connectivity index (χ3n) is 5.75. The first-order chi connectivity index (χ1) is 16.3. The van der Waals surface area contributed by atoms with Gasteiger partial charge in [-0.2, -0.15) is 0 Å². The number of nitrogens with zero attached hydrogens (tertiary/aromatic N) is 1. The minimum Gasteiger partial charge on any atom is -0.381 e. The Morgan fingerprint density at radius 3 is 2.65 bits per heavy atom. The fourth-order valence-electron chi connectivity index (χ4n) is 3.89. The van der Waals surface area contributed by atoms with E-state index in [-0.39, 0.29) is 29.2 Å². The molecule has 0 unspecified atom stereocenters. The van der Waals surface area contributed by atoms with E-state index in [1.54, 1.807) is 0 Å². The van der Waals surface area contributed by atoms with Gasteiger partial charge in [0.1, 0.15) is 5.01 Å². The van der Waals surface area contributed by atoms with Gasteiger partial charge in [-0.05, 0) is 48.6 Å². The molecule has 4 rings (SSSR count). The predicted molar refractivity (Wildman–Crippen MR) is 131 cm³/mol. The van der Waals surface area contributed by atoms with Crippen molar-refractivity contribution in [2.24, 2.45) is 0 Å². The van der Waals surface area contributed by atoms with Gasteiger partial charge >= 0.3 is 0 Å². The second kappa shape index (κ2) is 10.6. The van der Waals surface area contributed by atoms with Crippen LogP contribution >= 0.6 is 11.3 Å². The highest BCUT2D eigenvalue weighted by molar-refractivity contribution is 7.90. The molecule has 1 aromatic heterocycles. The van der Waals surface area contributed by atoms with Crippen molar-refractivity contribution < 1.29 is 22.7 Å². The number of hydrogen-bond donors (Lipinski definition) is 1. The molecule has 0 saturated carbocycles.